The molecule has 0 radical (unpaired) electrons. The lowest BCUT2D eigenvalue weighted by molar-refractivity contribution is -0.385. The number of ether oxygens (including phenoxy) is 1. The van der Waals surface area contributed by atoms with Crippen LogP contribution in [0.1, 0.15) is 28.4 Å². The van der Waals surface area contributed by atoms with Crippen molar-refractivity contribution >= 4 is 23.8 Å². The molecule has 0 spiro atoms. The van der Waals surface area contributed by atoms with Crippen LogP contribution in [0.4, 0.5) is 5.69 Å². The van der Waals surface area contributed by atoms with Crippen molar-refractivity contribution in [1.29, 1.82) is 0 Å². The predicted octanol–water partition coefficient (Wildman–Crippen LogP) is 2.52. The molecule has 2 N–H and O–H groups in total. The number of hydrazone groups is 1. The van der Waals surface area contributed by atoms with Crippen LogP contribution in [0.3, 0.4) is 0 Å². The highest BCUT2D eigenvalue weighted by Gasteiger charge is 2.16. The number of carboxylic acids is 1. The molecular formula is C18H17N3O6. The number of rotatable bonds is 7. The zero-order valence-corrected chi connectivity index (χ0v) is 14.6. The number of carbonyl (C=O) groups excluding carboxylic acids is 1. The monoisotopic (exact) mass is 371 g/mol. The Bertz CT molecular complexity index is 910. The number of nitro benzene ring substituents is 1. The summed E-state index contributed by atoms with van der Waals surface area (Å²) in [4.78, 5) is 33.5. The fraction of sp³-hybridized carbons (Fsp3) is 0.167. The molecule has 1 unspecified atom stereocenters. The second-order valence-electron chi connectivity index (χ2n) is 5.59. The highest BCUT2D eigenvalue weighted by molar-refractivity contribution is 5.98. The van der Waals surface area contributed by atoms with Gasteiger partial charge in [-0.2, -0.15) is 5.10 Å². The van der Waals surface area contributed by atoms with Crippen LogP contribution >= 0.6 is 0 Å². The van der Waals surface area contributed by atoms with Gasteiger partial charge in [-0.25, -0.2) is 10.2 Å². The summed E-state index contributed by atoms with van der Waals surface area (Å²) in [5, 5.41) is 23.6. The Morgan fingerprint density at radius 3 is 2.63 bits per heavy atom. The highest BCUT2D eigenvalue weighted by Crippen LogP contribution is 2.23. The van der Waals surface area contributed by atoms with E-state index in [1.807, 2.05) is 0 Å². The first-order valence-electron chi connectivity index (χ1n) is 7.86. The smallest absolute Gasteiger partial charge is 0.336 e. The number of carbonyl (C=O) groups is 2. The standard InChI is InChI=1S/C18H17N3O6/c1-11-9-14(7-8-16(11)21(25)26)27-12(2)17(22)20-19-10-13-5-3-4-6-15(13)18(23)24/h3-10,12H,1-2H3,(H,20,22)(H,23,24)/b19-10+. The minimum absolute atomic E-state index is 0.0406. The molecule has 2 aromatic carbocycles. The second-order valence-corrected chi connectivity index (χ2v) is 5.59. The van der Waals surface area contributed by atoms with Gasteiger partial charge in [-0.05, 0) is 32.0 Å². The first-order chi connectivity index (χ1) is 12.8. The quantitative estimate of drug-likeness (QED) is 0.437. The van der Waals surface area contributed by atoms with E-state index in [1.165, 1.54) is 37.4 Å². The van der Waals surface area contributed by atoms with Gasteiger partial charge in [0, 0.05) is 17.2 Å². The molecule has 1 atom stereocenters. The maximum Gasteiger partial charge on any atom is 0.336 e. The van der Waals surface area contributed by atoms with Gasteiger partial charge in [-0.1, -0.05) is 18.2 Å². The SMILES string of the molecule is Cc1cc(OC(C)C(=O)N/N=C/c2ccccc2C(=O)O)ccc1[N+](=O)[O-]. The van der Waals surface area contributed by atoms with Crippen LogP contribution < -0.4 is 10.2 Å². The highest BCUT2D eigenvalue weighted by atomic mass is 16.6. The van der Waals surface area contributed by atoms with Crippen molar-refractivity contribution in [2.75, 3.05) is 0 Å². The van der Waals surface area contributed by atoms with Gasteiger partial charge in [0.2, 0.25) is 0 Å². The fourth-order valence-corrected chi connectivity index (χ4v) is 2.22. The van der Waals surface area contributed by atoms with Crippen molar-refractivity contribution in [1.82, 2.24) is 5.43 Å². The zero-order valence-electron chi connectivity index (χ0n) is 14.6. The van der Waals surface area contributed by atoms with Crippen molar-refractivity contribution in [3.8, 4) is 5.75 Å². The third-order valence-corrected chi connectivity index (χ3v) is 3.62. The van der Waals surface area contributed by atoms with Crippen LogP contribution in [0.5, 0.6) is 5.75 Å². The van der Waals surface area contributed by atoms with E-state index in [2.05, 4.69) is 10.5 Å². The Labute approximate surface area is 154 Å². The summed E-state index contributed by atoms with van der Waals surface area (Å²) in [7, 11) is 0. The third kappa shape index (κ3) is 5.11. The van der Waals surface area contributed by atoms with Crippen LogP contribution in [0.2, 0.25) is 0 Å². The van der Waals surface area contributed by atoms with E-state index in [0.717, 1.165) is 0 Å². The minimum atomic E-state index is -1.10. The Balaban J connectivity index is 1.99. The van der Waals surface area contributed by atoms with Gasteiger partial charge >= 0.3 is 5.97 Å². The largest absolute Gasteiger partial charge is 0.481 e. The zero-order chi connectivity index (χ0) is 20.0. The van der Waals surface area contributed by atoms with Crippen LogP contribution in [0.25, 0.3) is 0 Å². The van der Waals surface area contributed by atoms with Crippen LogP contribution in [0.15, 0.2) is 47.6 Å². The van der Waals surface area contributed by atoms with E-state index in [9.17, 15) is 19.7 Å². The molecule has 0 bridgehead atoms. The second kappa shape index (κ2) is 8.56. The molecule has 2 rings (SSSR count). The Hall–Kier alpha value is -3.75. The molecule has 9 nitrogen and oxygen atoms in total. The number of amides is 1. The van der Waals surface area contributed by atoms with Gasteiger partial charge in [0.25, 0.3) is 11.6 Å². The molecule has 27 heavy (non-hydrogen) atoms. The fourth-order valence-electron chi connectivity index (χ4n) is 2.22. The molecule has 0 saturated heterocycles. The van der Waals surface area contributed by atoms with Gasteiger partial charge in [0.05, 0.1) is 16.7 Å². The lowest BCUT2D eigenvalue weighted by Crippen LogP contribution is -2.33. The first-order valence-corrected chi connectivity index (χ1v) is 7.86. The maximum absolute atomic E-state index is 12.0. The lowest BCUT2D eigenvalue weighted by atomic mass is 10.1. The van der Waals surface area contributed by atoms with E-state index in [-0.39, 0.29) is 11.3 Å². The van der Waals surface area contributed by atoms with Crippen molar-refractivity contribution in [2.45, 2.75) is 20.0 Å². The molecule has 0 saturated carbocycles. The number of carboxylic acid groups (broad SMARTS) is 1. The van der Waals surface area contributed by atoms with Gasteiger partial charge in [-0.15, -0.1) is 0 Å². The molecular weight excluding hydrogens is 354 g/mol. The average molecular weight is 371 g/mol. The van der Waals surface area contributed by atoms with Crippen molar-refractivity contribution in [2.24, 2.45) is 5.10 Å². The number of hydrogen-bond donors (Lipinski definition) is 2. The molecule has 0 heterocycles. The number of aromatic carboxylic acids is 1. The van der Waals surface area contributed by atoms with Gasteiger partial charge in [-0.3, -0.25) is 14.9 Å². The number of hydrogen-bond acceptors (Lipinski definition) is 6. The van der Waals surface area contributed by atoms with E-state index in [4.69, 9.17) is 9.84 Å². The Morgan fingerprint density at radius 1 is 1.30 bits per heavy atom. The molecule has 9 heteroatoms. The van der Waals surface area contributed by atoms with Crippen molar-refractivity contribution < 1.29 is 24.4 Å². The Kier molecular flexibility index (Phi) is 6.21. The van der Waals surface area contributed by atoms with Crippen molar-refractivity contribution in [3.63, 3.8) is 0 Å². The summed E-state index contributed by atoms with van der Waals surface area (Å²) >= 11 is 0. The number of nitrogens with zero attached hydrogens (tertiary/aromatic N) is 2. The van der Waals surface area contributed by atoms with Crippen LogP contribution in [0, 0.1) is 17.0 Å². The van der Waals surface area contributed by atoms with E-state index in [1.54, 1.807) is 25.1 Å². The van der Waals surface area contributed by atoms with Gasteiger partial charge in [0.15, 0.2) is 6.10 Å². The summed E-state index contributed by atoms with van der Waals surface area (Å²) < 4.78 is 5.45. The van der Waals surface area contributed by atoms with E-state index >= 15 is 0 Å². The summed E-state index contributed by atoms with van der Waals surface area (Å²) in [5.74, 6) is -1.36. The topological polar surface area (TPSA) is 131 Å². The van der Waals surface area contributed by atoms with Gasteiger partial charge < -0.3 is 9.84 Å². The molecule has 140 valence electrons. The molecule has 0 fully saturated rings. The molecule has 1 amide bonds. The summed E-state index contributed by atoms with van der Waals surface area (Å²) in [6, 6.07) is 10.4. The van der Waals surface area contributed by atoms with Crippen molar-refractivity contribution in [3.05, 3.63) is 69.3 Å². The predicted molar refractivity (Wildman–Crippen MR) is 97.1 cm³/mol. The number of nitrogens with one attached hydrogen (secondary N) is 1. The molecule has 0 aliphatic heterocycles. The molecule has 0 aliphatic rings. The van der Waals surface area contributed by atoms with Crippen LogP contribution in [-0.4, -0.2) is 34.2 Å². The molecule has 2 aromatic rings. The third-order valence-electron chi connectivity index (χ3n) is 3.62. The van der Waals surface area contributed by atoms with E-state index in [0.29, 0.717) is 16.9 Å². The summed E-state index contributed by atoms with van der Waals surface area (Å²) in [6.07, 6.45) is 0.308. The molecule has 0 aromatic heterocycles. The number of benzene rings is 2. The van der Waals surface area contributed by atoms with E-state index < -0.39 is 22.9 Å². The normalized spacial score (nSPS) is 11.8. The maximum atomic E-state index is 12.0. The Morgan fingerprint density at radius 2 is 2.00 bits per heavy atom. The first kappa shape index (κ1) is 19.6. The molecule has 0 aliphatic carbocycles. The average Bonchev–Trinajstić information content (AvgIpc) is 2.61. The van der Waals surface area contributed by atoms with Gasteiger partial charge in [0.1, 0.15) is 5.75 Å². The van der Waals surface area contributed by atoms with Crippen LogP contribution in [-0.2, 0) is 4.79 Å². The number of nitro groups is 1. The lowest BCUT2D eigenvalue weighted by Gasteiger charge is -2.13. The summed E-state index contributed by atoms with van der Waals surface area (Å²) in [6.45, 7) is 3.06. The summed E-state index contributed by atoms with van der Waals surface area (Å²) in [5.41, 5.74) is 3.03. The number of aryl methyl sites for hydroxylation is 1. The minimum Gasteiger partial charge on any atom is -0.481 e.